The largest absolute Gasteiger partial charge is 0.436 e. The summed E-state index contributed by atoms with van der Waals surface area (Å²) in [6, 6.07) is 3.86. The van der Waals surface area contributed by atoms with E-state index < -0.39 is 29.8 Å². The molecule has 0 bridgehead atoms. The lowest BCUT2D eigenvalue weighted by atomic mass is 10.0. The number of likely N-dealkylation sites (N-methyl/N-ethyl adjacent to an activating group) is 1. The van der Waals surface area contributed by atoms with Crippen molar-refractivity contribution in [1.82, 2.24) is 10.3 Å². The highest BCUT2D eigenvalue weighted by molar-refractivity contribution is 5.91. The van der Waals surface area contributed by atoms with Crippen LogP contribution in [0.25, 0.3) is 0 Å². The molecule has 0 spiro atoms. The number of alkyl halides is 3. The van der Waals surface area contributed by atoms with Crippen LogP contribution in [0, 0.1) is 5.92 Å². The van der Waals surface area contributed by atoms with Crippen molar-refractivity contribution in [3.63, 3.8) is 0 Å². The molecule has 168 valence electrons. The summed E-state index contributed by atoms with van der Waals surface area (Å²) in [4.78, 5) is 26.4. The molecule has 0 saturated heterocycles. The molecule has 0 aliphatic rings. The maximum absolute atomic E-state index is 12.9. The van der Waals surface area contributed by atoms with Gasteiger partial charge in [-0.25, -0.2) is 10.6 Å². The maximum Gasteiger partial charge on any atom is 0.416 e. The van der Waals surface area contributed by atoms with Crippen LogP contribution in [0.3, 0.4) is 0 Å². The molecule has 1 aromatic carbocycles. The monoisotopic (exact) mass is 432 g/mol. The van der Waals surface area contributed by atoms with E-state index in [1.807, 2.05) is 13.8 Å². The Bertz CT molecular complexity index is 738. The zero-order valence-corrected chi connectivity index (χ0v) is 17.0. The Hall–Kier alpha value is -3.02. The van der Waals surface area contributed by atoms with Gasteiger partial charge in [0.15, 0.2) is 11.9 Å². The minimum absolute atomic E-state index is 0.0131. The number of nitrogens with two attached hydrogens (primary N) is 2. The number of rotatable bonds is 8. The molecule has 12 heteroatoms. The number of nitrogens with zero attached hydrogens (tertiary/aromatic N) is 2. The van der Waals surface area contributed by atoms with Gasteiger partial charge in [0.25, 0.3) is 5.91 Å². The van der Waals surface area contributed by atoms with Gasteiger partial charge < -0.3 is 20.9 Å². The number of anilines is 1. The third-order valence-corrected chi connectivity index (χ3v) is 4.03. The molecule has 0 saturated carbocycles. The Labute approximate surface area is 172 Å². The van der Waals surface area contributed by atoms with Crippen LogP contribution in [0.1, 0.15) is 32.8 Å². The predicted octanol–water partition coefficient (Wildman–Crippen LogP) is 2.25. The second kappa shape index (κ2) is 11.2. The second-order valence-electron chi connectivity index (χ2n) is 6.80. The van der Waals surface area contributed by atoms with Gasteiger partial charge in [-0.2, -0.15) is 18.3 Å². The fraction of sp³-hybridized carbons (Fsp3) is 0.500. The number of amides is 2. The molecule has 6 N–H and O–H groups in total. The van der Waals surface area contributed by atoms with E-state index in [1.54, 1.807) is 6.92 Å². The fourth-order valence-electron chi connectivity index (χ4n) is 2.50. The van der Waals surface area contributed by atoms with Crippen LogP contribution in [-0.4, -0.2) is 41.9 Å². The number of amidine groups is 1. The van der Waals surface area contributed by atoms with Gasteiger partial charge in [-0.1, -0.05) is 13.8 Å². The van der Waals surface area contributed by atoms with E-state index in [2.05, 4.69) is 15.8 Å². The summed E-state index contributed by atoms with van der Waals surface area (Å²) in [6.45, 7) is 5.68. The number of nitrogens with one attached hydrogen (secondary N) is 2. The molecule has 0 radical (unpaired) electrons. The van der Waals surface area contributed by atoms with Crippen molar-refractivity contribution in [3.05, 3.63) is 29.8 Å². The van der Waals surface area contributed by atoms with E-state index >= 15 is 0 Å². The molecule has 0 aliphatic carbocycles. The molecule has 9 nitrogen and oxygen atoms in total. The summed E-state index contributed by atoms with van der Waals surface area (Å²) in [5.74, 6) is 10.2. The molecule has 1 unspecified atom stereocenters. The molecule has 1 aromatic rings. The van der Waals surface area contributed by atoms with Crippen molar-refractivity contribution in [2.45, 2.75) is 39.5 Å². The van der Waals surface area contributed by atoms with Crippen molar-refractivity contribution in [2.24, 2.45) is 22.7 Å². The third kappa shape index (κ3) is 7.78. The van der Waals surface area contributed by atoms with Crippen LogP contribution in [0.4, 0.5) is 23.7 Å². The number of benzene rings is 1. The first-order valence-corrected chi connectivity index (χ1v) is 9.18. The number of hydrogen-bond donors (Lipinski definition) is 4. The first-order valence-electron chi connectivity index (χ1n) is 9.18. The van der Waals surface area contributed by atoms with Crippen LogP contribution in [0.5, 0.6) is 0 Å². The van der Waals surface area contributed by atoms with Crippen molar-refractivity contribution >= 4 is 23.5 Å². The molecule has 1 rings (SSSR count). The lowest BCUT2D eigenvalue weighted by molar-refractivity contribution is -0.140. The number of carbonyl (C=O) groups is 2. The smallest absolute Gasteiger partial charge is 0.416 e. The van der Waals surface area contributed by atoms with Crippen molar-refractivity contribution in [1.29, 1.82) is 0 Å². The molecule has 0 aromatic heterocycles. The van der Waals surface area contributed by atoms with E-state index in [4.69, 9.17) is 16.4 Å². The van der Waals surface area contributed by atoms with E-state index in [-0.39, 0.29) is 37.0 Å². The van der Waals surface area contributed by atoms with Crippen LogP contribution in [0.2, 0.25) is 0 Å². The first kappa shape index (κ1) is 25.0. The van der Waals surface area contributed by atoms with Crippen LogP contribution >= 0.6 is 0 Å². The van der Waals surface area contributed by atoms with Crippen molar-refractivity contribution < 1.29 is 27.5 Å². The van der Waals surface area contributed by atoms with Gasteiger partial charge in [-0.3, -0.25) is 10.1 Å². The summed E-state index contributed by atoms with van der Waals surface area (Å²) in [5.41, 5.74) is 1.52. The zero-order valence-electron chi connectivity index (χ0n) is 17.0. The van der Waals surface area contributed by atoms with Gasteiger partial charge in [0.1, 0.15) is 0 Å². The predicted molar refractivity (Wildman–Crippen MR) is 106 cm³/mol. The number of hydrogen-bond acceptors (Lipinski definition) is 6. The van der Waals surface area contributed by atoms with E-state index in [0.717, 1.165) is 24.3 Å². The number of hydrazine groups is 1. The molecule has 0 fully saturated rings. The second-order valence-corrected chi connectivity index (χ2v) is 6.80. The zero-order chi connectivity index (χ0) is 22.9. The average Bonchev–Trinajstić information content (AvgIpc) is 2.67. The molecule has 2 amide bonds. The Morgan fingerprint density at radius 2 is 1.83 bits per heavy atom. The number of carbonyl (C=O) groups excluding carboxylic acids is 2. The van der Waals surface area contributed by atoms with E-state index in [0.29, 0.717) is 0 Å². The normalized spacial score (nSPS) is 13.0. The first-order chi connectivity index (χ1) is 14.0. The van der Waals surface area contributed by atoms with Crippen LogP contribution in [0.15, 0.2) is 29.4 Å². The SMILES string of the molecule is CCN(C/C(=N/N)NN)C(=O)C(CC(C)C)OC(=O)Nc1ccc(C(F)(F)F)cc1. The highest BCUT2D eigenvalue weighted by Gasteiger charge is 2.31. The summed E-state index contributed by atoms with van der Waals surface area (Å²) < 4.78 is 43.2. The maximum atomic E-state index is 12.9. The number of ether oxygens (including phenoxy) is 1. The third-order valence-electron chi connectivity index (χ3n) is 4.03. The molecule has 1 atom stereocenters. The quantitative estimate of drug-likeness (QED) is 0.215. The molecular weight excluding hydrogens is 405 g/mol. The van der Waals surface area contributed by atoms with Crippen LogP contribution in [-0.2, 0) is 15.7 Å². The van der Waals surface area contributed by atoms with Gasteiger partial charge in [0.05, 0.1) is 12.1 Å². The molecule has 0 aliphatic heterocycles. The van der Waals surface area contributed by atoms with Gasteiger partial charge in [-0.05, 0) is 43.5 Å². The molecular formula is C18H27F3N6O3. The topological polar surface area (TPSA) is 135 Å². The van der Waals surface area contributed by atoms with E-state index in [1.165, 1.54) is 4.90 Å². The lowest BCUT2D eigenvalue weighted by Crippen LogP contribution is -2.48. The summed E-state index contributed by atoms with van der Waals surface area (Å²) in [6.07, 6.45) is -6.33. The Morgan fingerprint density at radius 1 is 1.23 bits per heavy atom. The summed E-state index contributed by atoms with van der Waals surface area (Å²) >= 11 is 0. The molecule has 0 heterocycles. The Balaban J connectivity index is 2.88. The lowest BCUT2D eigenvalue weighted by Gasteiger charge is -2.27. The summed E-state index contributed by atoms with van der Waals surface area (Å²) in [5, 5.41) is 5.75. The van der Waals surface area contributed by atoms with Gasteiger partial charge in [0, 0.05) is 12.2 Å². The van der Waals surface area contributed by atoms with Gasteiger partial charge >= 0.3 is 12.3 Å². The Morgan fingerprint density at radius 3 is 2.27 bits per heavy atom. The van der Waals surface area contributed by atoms with Gasteiger partial charge in [-0.15, -0.1) is 0 Å². The highest BCUT2D eigenvalue weighted by atomic mass is 19.4. The average molecular weight is 432 g/mol. The van der Waals surface area contributed by atoms with Crippen LogP contribution < -0.4 is 22.4 Å². The number of halogens is 3. The number of hydrazone groups is 1. The minimum atomic E-state index is -4.48. The van der Waals surface area contributed by atoms with E-state index in [9.17, 15) is 22.8 Å². The minimum Gasteiger partial charge on any atom is -0.436 e. The standard InChI is InChI=1S/C18H27F3N6O3/c1-4-27(10-15(25-22)26-23)16(28)14(9-11(2)3)30-17(29)24-13-7-5-12(6-8-13)18(19,20)21/h5-8,11,14H,4,9-10,22-23H2,1-3H3,(H,24,29)(H,25,26). The molecule has 30 heavy (non-hydrogen) atoms. The fourth-order valence-corrected chi connectivity index (χ4v) is 2.50. The van der Waals surface area contributed by atoms with Crippen molar-refractivity contribution in [3.8, 4) is 0 Å². The Kier molecular flexibility index (Phi) is 9.37. The van der Waals surface area contributed by atoms with Crippen molar-refractivity contribution in [2.75, 3.05) is 18.4 Å². The highest BCUT2D eigenvalue weighted by Crippen LogP contribution is 2.29. The summed E-state index contributed by atoms with van der Waals surface area (Å²) in [7, 11) is 0. The van der Waals surface area contributed by atoms with Gasteiger partial charge in [0.2, 0.25) is 0 Å².